The van der Waals surface area contributed by atoms with Crippen molar-refractivity contribution in [3.05, 3.63) is 64.7 Å². The normalized spacial score (nSPS) is 20.2. The van der Waals surface area contributed by atoms with E-state index in [1.807, 2.05) is 36.9 Å². The number of rotatable bonds is 5. The van der Waals surface area contributed by atoms with Crippen LogP contribution in [0.5, 0.6) is 5.75 Å². The fourth-order valence-electron chi connectivity index (χ4n) is 6.00. The van der Waals surface area contributed by atoms with Gasteiger partial charge < -0.3 is 9.64 Å². The molecule has 2 aromatic carbocycles. The Hall–Kier alpha value is -2.54. The number of carbonyl (C=O) groups is 1. The van der Waals surface area contributed by atoms with Crippen molar-refractivity contribution in [1.82, 2.24) is 9.80 Å². The van der Waals surface area contributed by atoms with Crippen molar-refractivity contribution in [2.24, 2.45) is 5.92 Å². The molecule has 2 saturated heterocycles. The van der Waals surface area contributed by atoms with Crippen LogP contribution >= 0.6 is 0 Å². The molecule has 36 heavy (non-hydrogen) atoms. The van der Waals surface area contributed by atoms with Crippen molar-refractivity contribution in [1.29, 1.82) is 0 Å². The SMILES string of the molecule is Cc1cccc(C)c1C(=O)N1CCC(C)(N2CCC(C(C)c3ccc(OC(F)(F)F)cc3)CC2)CC1. The minimum atomic E-state index is -4.67. The molecule has 0 aliphatic carbocycles. The monoisotopic (exact) mass is 502 g/mol. The van der Waals surface area contributed by atoms with Gasteiger partial charge in [0.15, 0.2) is 0 Å². The van der Waals surface area contributed by atoms with Gasteiger partial charge in [0.1, 0.15) is 5.75 Å². The maximum atomic E-state index is 13.2. The summed E-state index contributed by atoms with van der Waals surface area (Å²) in [6, 6.07) is 12.3. The Bertz CT molecular complexity index is 1030. The third kappa shape index (κ3) is 5.88. The van der Waals surface area contributed by atoms with Crippen molar-refractivity contribution in [2.75, 3.05) is 26.2 Å². The van der Waals surface area contributed by atoms with E-state index in [1.54, 1.807) is 12.1 Å². The Kier molecular flexibility index (Phi) is 7.69. The molecule has 2 fully saturated rings. The third-order valence-electron chi connectivity index (χ3n) is 8.47. The molecule has 0 aromatic heterocycles. The summed E-state index contributed by atoms with van der Waals surface area (Å²) in [6.07, 6.45) is -0.626. The molecule has 2 aromatic rings. The first-order valence-corrected chi connectivity index (χ1v) is 12.9. The highest BCUT2D eigenvalue weighted by Gasteiger charge is 2.39. The van der Waals surface area contributed by atoms with E-state index in [-0.39, 0.29) is 23.1 Å². The van der Waals surface area contributed by atoms with Crippen LogP contribution in [0.2, 0.25) is 0 Å². The Balaban J connectivity index is 1.30. The van der Waals surface area contributed by atoms with Crippen LogP contribution in [0.1, 0.15) is 72.5 Å². The first kappa shape index (κ1) is 26.5. The number of piperidine rings is 2. The van der Waals surface area contributed by atoms with Crippen molar-refractivity contribution < 1.29 is 22.7 Å². The van der Waals surface area contributed by atoms with Crippen molar-refractivity contribution in [3.63, 3.8) is 0 Å². The van der Waals surface area contributed by atoms with Gasteiger partial charge in [-0.1, -0.05) is 37.3 Å². The van der Waals surface area contributed by atoms with Crippen LogP contribution in [0.4, 0.5) is 13.2 Å². The Morgan fingerprint density at radius 2 is 1.53 bits per heavy atom. The van der Waals surface area contributed by atoms with Gasteiger partial charge in [-0.05, 0) is 100 Å². The van der Waals surface area contributed by atoms with E-state index in [0.29, 0.717) is 5.92 Å². The average molecular weight is 503 g/mol. The number of nitrogens with zero attached hydrogens (tertiary/aromatic N) is 2. The zero-order chi connectivity index (χ0) is 26.1. The van der Waals surface area contributed by atoms with Crippen LogP contribution in [0.25, 0.3) is 0 Å². The molecule has 2 aliphatic heterocycles. The van der Waals surface area contributed by atoms with Gasteiger partial charge in [-0.3, -0.25) is 9.69 Å². The Morgan fingerprint density at radius 1 is 0.972 bits per heavy atom. The number of halogens is 3. The molecule has 4 nitrogen and oxygen atoms in total. The number of carbonyl (C=O) groups excluding carboxylic acids is 1. The Morgan fingerprint density at radius 3 is 2.06 bits per heavy atom. The van der Waals surface area contributed by atoms with Gasteiger partial charge in [0, 0.05) is 24.2 Å². The van der Waals surface area contributed by atoms with E-state index >= 15 is 0 Å². The van der Waals surface area contributed by atoms with Crippen molar-refractivity contribution in [2.45, 2.75) is 71.2 Å². The van der Waals surface area contributed by atoms with E-state index in [9.17, 15) is 18.0 Å². The lowest BCUT2D eigenvalue weighted by Gasteiger charge is -2.50. The van der Waals surface area contributed by atoms with Gasteiger partial charge in [-0.15, -0.1) is 13.2 Å². The van der Waals surface area contributed by atoms with E-state index in [0.717, 1.165) is 74.1 Å². The number of likely N-dealkylation sites (tertiary alicyclic amines) is 2. The summed E-state index contributed by atoms with van der Waals surface area (Å²) in [5, 5.41) is 0. The number of ether oxygens (including phenoxy) is 1. The summed E-state index contributed by atoms with van der Waals surface area (Å²) in [6.45, 7) is 12.1. The molecule has 0 bridgehead atoms. The third-order valence-corrected chi connectivity index (χ3v) is 8.47. The number of hydrogen-bond donors (Lipinski definition) is 0. The van der Waals surface area contributed by atoms with Gasteiger partial charge in [-0.25, -0.2) is 0 Å². The van der Waals surface area contributed by atoms with Crippen LogP contribution in [0, 0.1) is 19.8 Å². The standard InChI is InChI=1S/C29H37F3N2O2/c1-20-6-5-7-21(2)26(20)27(35)33-18-14-28(4,15-19-33)34-16-12-24(13-17-34)22(3)23-8-10-25(11-9-23)36-29(30,31)32/h5-11,22,24H,12-19H2,1-4H3. The van der Waals surface area contributed by atoms with Crippen LogP contribution in [0.3, 0.4) is 0 Å². The second-order valence-corrected chi connectivity index (χ2v) is 10.8. The van der Waals surface area contributed by atoms with Crippen LogP contribution in [-0.4, -0.2) is 53.8 Å². The van der Waals surface area contributed by atoms with E-state index in [2.05, 4.69) is 23.5 Å². The predicted octanol–water partition coefficient (Wildman–Crippen LogP) is 6.71. The molecular weight excluding hydrogens is 465 g/mol. The van der Waals surface area contributed by atoms with Crippen molar-refractivity contribution >= 4 is 5.91 Å². The van der Waals surface area contributed by atoms with Gasteiger partial charge in [-0.2, -0.15) is 0 Å². The zero-order valence-corrected chi connectivity index (χ0v) is 21.7. The summed E-state index contributed by atoms with van der Waals surface area (Å²) in [5.41, 5.74) is 4.04. The molecule has 7 heteroatoms. The van der Waals surface area contributed by atoms with Crippen LogP contribution in [-0.2, 0) is 0 Å². The predicted molar refractivity (Wildman–Crippen MR) is 135 cm³/mol. The van der Waals surface area contributed by atoms with E-state index < -0.39 is 6.36 Å². The number of benzene rings is 2. The fraction of sp³-hybridized carbons (Fsp3) is 0.552. The molecular formula is C29H37F3N2O2. The highest BCUT2D eigenvalue weighted by Crippen LogP contribution is 2.38. The topological polar surface area (TPSA) is 32.8 Å². The maximum absolute atomic E-state index is 13.2. The lowest BCUT2D eigenvalue weighted by molar-refractivity contribution is -0.274. The second kappa shape index (κ2) is 10.4. The average Bonchev–Trinajstić information content (AvgIpc) is 2.83. The van der Waals surface area contributed by atoms with Crippen LogP contribution in [0.15, 0.2) is 42.5 Å². The van der Waals surface area contributed by atoms with Crippen molar-refractivity contribution in [3.8, 4) is 5.75 Å². The summed E-state index contributed by atoms with van der Waals surface area (Å²) < 4.78 is 41.3. The second-order valence-electron chi connectivity index (χ2n) is 10.8. The molecule has 1 unspecified atom stereocenters. The minimum absolute atomic E-state index is 0.0857. The van der Waals surface area contributed by atoms with Crippen LogP contribution < -0.4 is 4.74 Å². The highest BCUT2D eigenvalue weighted by atomic mass is 19.4. The molecule has 4 rings (SSSR count). The summed E-state index contributed by atoms with van der Waals surface area (Å²) in [4.78, 5) is 17.8. The lowest BCUT2D eigenvalue weighted by Crippen LogP contribution is -2.56. The number of hydrogen-bond acceptors (Lipinski definition) is 3. The van der Waals surface area contributed by atoms with Gasteiger partial charge in [0.05, 0.1) is 0 Å². The molecule has 2 aliphatic rings. The highest BCUT2D eigenvalue weighted by molar-refractivity contribution is 5.97. The zero-order valence-electron chi connectivity index (χ0n) is 21.7. The smallest absolute Gasteiger partial charge is 0.406 e. The molecule has 0 saturated carbocycles. The Labute approximate surface area is 212 Å². The minimum Gasteiger partial charge on any atom is -0.406 e. The first-order valence-electron chi connectivity index (χ1n) is 12.9. The number of amides is 1. The summed E-state index contributed by atoms with van der Waals surface area (Å²) >= 11 is 0. The molecule has 0 radical (unpaired) electrons. The number of aryl methyl sites for hydroxylation is 2. The van der Waals surface area contributed by atoms with Gasteiger partial charge >= 0.3 is 6.36 Å². The summed E-state index contributed by atoms with van der Waals surface area (Å²) in [5.74, 6) is 0.733. The molecule has 0 N–H and O–H groups in total. The maximum Gasteiger partial charge on any atom is 0.573 e. The lowest BCUT2D eigenvalue weighted by atomic mass is 9.78. The van der Waals surface area contributed by atoms with Gasteiger partial charge in [0.25, 0.3) is 5.91 Å². The molecule has 1 atom stereocenters. The molecule has 0 spiro atoms. The molecule has 196 valence electrons. The quantitative estimate of drug-likeness (QED) is 0.455. The first-order chi connectivity index (χ1) is 17.0. The largest absolute Gasteiger partial charge is 0.573 e. The van der Waals surface area contributed by atoms with Gasteiger partial charge in [0.2, 0.25) is 0 Å². The summed E-state index contributed by atoms with van der Waals surface area (Å²) in [7, 11) is 0. The number of alkyl halides is 3. The molecule has 2 heterocycles. The van der Waals surface area contributed by atoms with E-state index in [4.69, 9.17) is 0 Å². The fourth-order valence-corrected chi connectivity index (χ4v) is 6.00. The van der Waals surface area contributed by atoms with E-state index in [1.165, 1.54) is 12.1 Å². The molecule has 1 amide bonds.